The van der Waals surface area contributed by atoms with Gasteiger partial charge in [-0.2, -0.15) is 13.2 Å². The average Bonchev–Trinajstić information content (AvgIpc) is 3.01. The van der Waals surface area contributed by atoms with Crippen LogP contribution >= 0.6 is 11.6 Å². The van der Waals surface area contributed by atoms with E-state index in [9.17, 15) is 22.8 Å². The van der Waals surface area contributed by atoms with Crippen LogP contribution in [-0.4, -0.2) is 31.9 Å². The molecule has 0 saturated heterocycles. The van der Waals surface area contributed by atoms with E-state index in [2.05, 4.69) is 19.8 Å². The lowest BCUT2D eigenvalue weighted by Crippen LogP contribution is -2.25. The number of carbonyl (C=O) groups excluding carboxylic acids is 1. The molecule has 0 radical (unpaired) electrons. The SMILES string of the molecule is O=C(OCc1cnc(-n2[nH]cc(-c3cccnc3)c2=O)cc1Cl)C(F)(F)F. The minimum Gasteiger partial charge on any atom is -0.454 e. The van der Waals surface area contributed by atoms with Gasteiger partial charge in [0.05, 0.1) is 10.6 Å². The van der Waals surface area contributed by atoms with Gasteiger partial charge in [-0.25, -0.2) is 14.5 Å². The Morgan fingerprint density at radius 3 is 2.74 bits per heavy atom. The molecule has 0 fully saturated rings. The summed E-state index contributed by atoms with van der Waals surface area (Å²) in [7, 11) is 0. The summed E-state index contributed by atoms with van der Waals surface area (Å²) in [6, 6.07) is 4.65. The summed E-state index contributed by atoms with van der Waals surface area (Å²) in [5, 5.41) is 2.71. The molecule has 3 aromatic heterocycles. The van der Waals surface area contributed by atoms with Crippen molar-refractivity contribution < 1.29 is 22.7 Å². The lowest BCUT2D eigenvalue weighted by Gasteiger charge is -2.09. The highest BCUT2D eigenvalue weighted by atomic mass is 35.5. The molecule has 27 heavy (non-hydrogen) atoms. The summed E-state index contributed by atoms with van der Waals surface area (Å²) in [6.45, 7) is -0.703. The van der Waals surface area contributed by atoms with Crippen molar-refractivity contribution in [1.29, 1.82) is 0 Å². The molecule has 3 aromatic rings. The second kappa shape index (κ2) is 7.23. The minimum absolute atomic E-state index is 0.0144. The first-order valence-corrected chi connectivity index (χ1v) is 7.74. The summed E-state index contributed by atoms with van der Waals surface area (Å²) in [5.41, 5.74) is 0.594. The van der Waals surface area contributed by atoms with Crippen LogP contribution in [0.2, 0.25) is 5.02 Å². The van der Waals surface area contributed by atoms with Crippen molar-refractivity contribution >= 4 is 17.6 Å². The van der Waals surface area contributed by atoms with E-state index < -0.39 is 24.3 Å². The summed E-state index contributed by atoms with van der Waals surface area (Å²) < 4.78 is 41.7. The lowest BCUT2D eigenvalue weighted by atomic mass is 10.2. The van der Waals surface area contributed by atoms with Gasteiger partial charge in [-0.1, -0.05) is 17.7 Å². The number of hydrogen-bond donors (Lipinski definition) is 1. The third-order valence-corrected chi connectivity index (χ3v) is 3.83. The van der Waals surface area contributed by atoms with Crippen LogP contribution in [0.25, 0.3) is 16.9 Å². The molecule has 0 spiro atoms. The predicted octanol–water partition coefficient (Wildman–Crippen LogP) is 2.88. The number of nitrogens with one attached hydrogen (secondary N) is 1. The fourth-order valence-corrected chi connectivity index (χ4v) is 2.37. The molecular weight excluding hydrogens is 389 g/mol. The van der Waals surface area contributed by atoms with Gasteiger partial charge < -0.3 is 4.74 Å². The quantitative estimate of drug-likeness (QED) is 0.682. The number of esters is 1. The Labute approximate surface area is 154 Å². The highest BCUT2D eigenvalue weighted by Crippen LogP contribution is 2.22. The van der Waals surface area contributed by atoms with Crippen LogP contribution < -0.4 is 5.56 Å². The molecule has 3 rings (SSSR count). The molecule has 0 bridgehead atoms. The Morgan fingerprint density at radius 1 is 1.33 bits per heavy atom. The second-order valence-corrected chi connectivity index (χ2v) is 5.68. The topological polar surface area (TPSA) is 89.9 Å². The monoisotopic (exact) mass is 398 g/mol. The zero-order chi connectivity index (χ0) is 19.6. The standard InChI is InChI=1S/C16H10ClF3N4O3/c17-12-4-13(22-6-10(12)8-27-15(26)16(18,19)20)24-14(25)11(7-23-24)9-2-1-3-21-5-9/h1-7,23H,8H2. The molecule has 11 heteroatoms. The molecule has 1 N–H and O–H groups in total. The maximum Gasteiger partial charge on any atom is 0.490 e. The van der Waals surface area contributed by atoms with E-state index in [4.69, 9.17) is 11.6 Å². The van der Waals surface area contributed by atoms with Crippen molar-refractivity contribution in [3.8, 4) is 16.9 Å². The Morgan fingerprint density at radius 2 is 2.11 bits per heavy atom. The highest BCUT2D eigenvalue weighted by molar-refractivity contribution is 6.31. The second-order valence-electron chi connectivity index (χ2n) is 5.28. The molecule has 7 nitrogen and oxygen atoms in total. The van der Waals surface area contributed by atoms with Gasteiger partial charge in [0, 0.05) is 42.0 Å². The number of aromatic amines is 1. The number of rotatable bonds is 4. The van der Waals surface area contributed by atoms with Crippen molar-refractivity contribution in [1.82, 2.24) is 19.7 Å². The van der Waals surface area contributed by atoms with Gasteiger partial charge in [0.2, 0.25) is 0 Å². The number of halogens is 4. The van der Waals surface area contributed by atoms with Crippen molar-refractivity contribution in [3.05, 3.63) is 63.9 Å². The maximum absolute atomic E-state index is 12.5. The van der Waals surface area contributed by atoms with E-state index in [1.807, 2.05) is 0 Å². The first-order chi connectivity index (χ1) is 12.8. The van der Waals surface area contributed by atoms with Crippen LogP contribution in [0.5, 0.6) is 0 Å². The minimum atomic E-state index is -5.10. The smallest absolute Gasteiger partial charge is 0.454 e. The lowest BCUT2D eigenvalue weighted by molar-refractivity contribution is -0.201. The fourth-order valence-electron chi connectivity index (χ4n) is 2.17. The number of carbonyl (C=O) groups is 1. The van der Waals surface area contributed by atoms with E-state index in [0.29, 0.717) is 11.1 Å². The van der Waals surface area contributed by atoms with Crippen LogP contribution in [0, 0.1) is 0 Å². The van der Waals surface area contributed by atoms with E-state index in [-0.39, 0.29) is 16.4 Å². The summed E-state index contributed by atoms with van der Waals surface area (Å²) in [5.74, 6) is -2.21. The number of hydrogen-bond acceptors (Lipinski definition) is 5. The number of pyridine rings is 2. The van der Waals surface area contributed by atoms with Crippen molar-refractivity contribution in [2.45, 2.75) is 12.8 Å². The molecule has 0 unspecified atom stereocenters. The molecule has 140 valence electrons. The number of alkyl halides is 3. The molecule has 0 aromatic carbocycles. The molecule has 0 aliphatic heterocycles. The van der Waals surface area contributed by atoms with Crippen LogP contribution in [0.4, 0.5) is 13.2 Å². The van der Waals surface area contributed by atoms with Gasteiger partial charge in [-0.3, -0.25) is 14.9 Å². The third kappa shape index (κ3) is 4.00. The number of aromatic nitrogens is 4. The van der Waals surface area contributed by atoms with Crippen LogP contribution in [0.1, 0.15) is 5.56 Å². The van der Waals surface area contributed by atoms with Crippen molar-refractivity contribution in [2.24, 2.45) is 0 Å². The largest absolute Gasteiger partial charge is 0.490 e. The zero-order valence-corrected chi connectivity index (χ0v) is 14.1. The normalized spacial score (nSPS) is 11.4. The number of H-pyrrole nitrogens is 1. The van der Waals surface area contributed by atoms with Crippen LogP contribution in [0.15, 0.2) is 47.8 Å². The third-order valence-electron chi connectivity index (χ3n) is 3.48. The van der Waals surface area contributed by atoms with Gasteiger partial charge in [0.25, 0.3) is 5.56 Å². The van der Waals surface area contributed by atoms with Gasteiger partial charge >= 0.3 is 12.1 Å². The van der Waals surface area contributed by atoms with Crippen molar-refractivity contribution in [2.75, 3.05) is 0 Å². The van der Waals surface area contributed by atoms with E-state index in [0.717, 1.165) is 10.9 Å². The predicted molar refractivity (Wildman–Crippen MR) is 88.3 cm³/mol. The van der Waals surface area contributed by atoms with Gasteiger partial charge in [0.15, 0.2) is 5.82 Å². The maximum atomic E-state index is 12.5. The number of ether oxygens (including phenoxy) is 1. The molecule has 3 heterocycles. The average molecular weight is 399 g/mol. The first-order valence-electron chi connectivity index (χ1n) is 7.37. The van der Waals surface area contributed by atoms with E-state index in [1.54, 1.807) is 18.3 Å². The van der Waals surface area contributed by atoms with Gasteiger partial charge in [-0.15, -0.1) is 0 Å². The van der Waals surface area contributed by atoms with E-state index >= 15 is 0 Å². The van der Waals surface area contributed by atoms with Crippen LogP contribution in [-0.2, 0) is 16.1 Å². The van der Waals surface area contributed by atoms with Crippen molar-refractivity contribution in [3.63, 3.8) is 0 Å². The Kier molecular flexibility index (Phi) is 5.00. The zero-order valence-electron chi connectivity index (χ0n) is 13.3. The van der Waals surface area contributed by atoms with Gasteiger partial charge in [-0.05, 0) is 6.07 Å². The Hall–Kier alpha value is -3.14. The Bertz CT molecular complexity index is 1030. The summed E-state index contributed by atoms with van der Waals surface area (Å²) in [4.78, 5) is 31.2. The molecule has 0 atom stereocenters. The van der Waals surface area contributed by atoms with Gasteiger partial charge in [0.1, 0.15) is 6.61 Å². The summed E-state index contributed by atoms with van der Waals surface area (Å²) in [6.07, 6.45) is 0.583. The van der Waals surface area contributed by atoms with E-state index in [1.165, 1.54) is 18.5 Å². The molecule has 0 aliphatic rings. The fraction of sp³-hybridized carbons (Fsp3) is 0.125. The molecule has 0 amide bonds. The Balaban J connectivity index is 1.83. The molecule has 0 saturated carbocycles. The first kappa shape index (κ1) is 18.6. The highest BCUT2D eigenvalue weighted by Gasteiger charge is 2.41. The summed E-state index contributed by atoms with van der Waals surface area (Å²) >= 11 is 6.00. The van der Waals surface area contributed by atoms with Crippen LogP contribution in [0.3, 0.4) is 0 Å². The molecule has 0 aliphatic carbocycles. The number of nitrogens with zero attached hydrogens (tertiary/aromatic N) is 3. The molecular formula is C16H10ClF3N4O3.